The van der Waals surface area contributed by atoms with Crippen LogP contribution in [0.3, 0.4) is 0 Å². The second kappa shape index (κ2) is 5.53. The molecule has 1 aliphatic rings. The lowest BCUT2D eigenvalue weighted by Crippen LogP contribution is -2.31. The second-order valence-corrected chi connectivity index (χ2v) is 4.13. The van der Waals surface area contributed by atoms with Crippen molar-refractivity contribution in [1.82, 2.24) is 0 Å². The Hall–Kier alpha value is -1.04. The highest BCUT2D eigenvalue weighted by atomic mass is 19.4. The maximum absolute atomic E-state index is 11.9. The number of carbonyl (C=O) groups is 1. The Morgan fingerprint density at radius 1 is 1.24 bits per heavy atom. The van der Waals surface area contributed by atoms with Crippen molar-refractivity contribution >= 4 is 5.97 Å². The standard InChI is InChI=1S/C11H15F3O3/c1-7(2)16-8-3-5-9(6-4-8)17-10(15)11(12,13)14/h3,5,7-9H,4,6H2,1-2H3/t8-,9-/m0/s1. The molecule has 98 valence electrons. The molecule has 1 aliphatic carbocycles. The van der Waals surface area contributed by atoms with E-state index in [-0.39, 0.29) is 12.2 Å². The molecule has 0 aromatic heterocycles. The molecule has 0 radical (unpaired) electrons. The fraction of sp³-hybridized carbons (Fsp3) is 0.727. The number of halogens is 3. The van der Waals surface area contributed by atoms with Crippen molar-refractivity contribution in [3.05, 3.63) is 12.2 Å². The van der Waals surface area contributed by atoms with Gasteiger partial charge in [-0.1, -0.05) is 6.08 Å². The van der Waals surface area contributed by atoms with Crippen LogP contribution in [0.25, 0.3) is 0 Å². The van der Waals surface area contributed by atoms with Gasteiger partial charge in [-0.3, -0.25) is 0 Å². The van der Waals surface area contributed by atoms with Gasteiger partial charge in [-0.15, -0.1) is 0 Å². The zero-order chi connectivity index (χ0) is 13.1. The monoisotopic (exact) mass is 252 g/mol. The van der Waals surface area contributed by atoms with E-state index in [1.807, 2.05) is 13.8 Å². The molecule has 0 spiro atoms. The van der Waals surface area contributed by atoms with Crippen LogP contribution < -0.4 is 0 Å². The van der Waals surface area contributed by atoms with Crippen LogP contribution >= 0.6 is 0 Å². The molecule has 17 heavy (non-hydrogen) atoms. The van der Waals surface area contributed by atoms with E-state index < -0.39 is 18.2 Å². The van der Waals surface area contributed by atoms with Gasteiger partial charge in [0.15, 0.2) is 0 Å². The second-order valence-electron chi connectivity index (χ2n) is 4.13. The number of carbonyl (C=O) groups excluding carboxylic acids is 1. The molecule has 2 atom stereocenters. The highest BCUT2D eigenvalue weighted by Gasteiger charge is 2.42. The van der Waals surface area contributed by atoms with Gasteiger partial charge in [0.05, 0.1) is 12.2 Å². The molecule has 1 rings (SSSR count). The summed E-state index contributed by atoms with van der Waals surface area (Å²) in [4.78, 5) is 10.6. The molecule has 0 unspecified atom stereocenters. The predicted molar refractivity (Wildman–Crippen MR) is 54.3 cm³/mol. The normalized spacial score (nSPS) is 25.1. The van der Waals surface area contributed by atoms with Crippen molar-refractivity contribution in [2.75, 3.05) is 0 Å². The first-order chi connectivity index (χ1) is 7.79. The Morgan fingerprint density at radius 2 is 1.76 bits per heavy atom. The minimum atomic E-state index is -4.93. The van der Waals surface area contributed by atoms with Gasteiger partial charge in [-0.2, -0.15) is 13.2 Å². The quantitative estimate of drug-likeness (QED) is 0.572. The van der Waals surface area contributed by atoms with Gasteiger partial charge in [0.1, 0.15) is 6.10 Å². The predicted octanol–water partition coefficient (Wildman–Crippen LogP) is 2.60. The van der Waals surface area contributed by atoms with E-state index in [1.54, 1.807) is 6.08 Å². The Morgan fingerprint density at radius 3 is 2.18 bits per heavy atom. The molecule has 0 fully saturated rings. The minimum Gasteiger partial charge on any atom is -0.451 e. The van der Waals surface area contributed by atoms with Crippen molar-refractivity contribution < 1.29 is 27.4 Å². The Bertz CT molecular complexity index is 297. The molecule has 0 bridgehead atoms. The van der Waals surface area contributed by atoms with Crippen LogP contribution in [-0.4, -0.2) is 30.5 Å². The third-order valence-electron chi connectivity index (χ3n) is 2.21. The summed E-state index contributed by atoms with van der Waals surface area (Å²) in [6.07, 6.45) is -1.83. The van der Waals surface area contributed by atoms with Gasteiger partial charge in [0.2, 0.25) is 0 Å². The van der Waals surface area contributed by atoms with E-state index in [4.69, 9.17) is 4.74 Å². The smallest absolute Gasteiger partial charge is 0.451 e. The third kappa shape index (κ3) is 4.77. The summed E-state index contributed by atoms with van der Waals surface area (Å²) in [5.41, 5.74) is 0. The molecule has 3 nitrogen and oxygen atoms in total. The molecule has 0 N–H and O–H groups in total. The summed E-state index contributed by atoms with van der Waals surface area (Å²) in [5, 5.41) is 0. The zero-order valence-corrected chi connectivity index (χ0v) is 9.66. The van der Waals surface area contributed by atoms with Crippen LogP contribution in [0, 0.1) is 0 Å². The van der Waals surface area contributed by atoms with E-state index in [0.717, 1.165) is 0 Å². The number of esters is 1. The summed E-state index contributed by atoms with van der Waals surface area (Å²) < 4.78 is 45.6. The number of hydrogen-bond donors (Lipinski definition) is 0. The average Bonchev–Trinajstić information content (AvgIpc) is 2.18. The summed E-state index contributed by atoms with van der Waals surface area (Å²) >= 11 is 0. The van der Waals surface area contributed by atoms with Crippen molar-refractivity contribution in [2.24, 2.45) is 0 Å². The molecular weight excluding hydrogens is 237 g/mol. The lowest BCUT2D eigenvalue weighted by Gasteiger charge is -2.24. The van der Waals surface area contributed by atoms with Crippen LogP contribution in [0.2, 0.25) is 0 Å². The van der Waals surface area contributed by atoms with Crippen LogP contribution in [0.5, 0.6) is 0 Å². The van der Waals surface area contributed by atoms with Crippen LogP contribution in [0.15, 0.2) is 12.2 Å². The summed E-state index contributed by atoms with van der Waals surface area (Å²) in [5.74, 6) is -2.14. The van der Waals surface area contributed by atoms with Crippen molar-refractivity contribution in [1.29, 1.82) is 0 Å². The topological polar surface area (TPSA) is 35.5 Å². The average molecular weight is 252 g/mol. The third-order valence-corrected chi connectivity index (χ3v) is 2.21. The number of rotatable bonds is 3. The Labute approximate surface area is 97.6 Å². The number of alkyl halides is 3. The lowest BCUT2D eigenvalue weighted by atomic mass is 10.0. The van der Waals surface area contributed by atoms with Crippen LogP contribution in [0.4, 0.5) is 13.2 Å². The molecule has 0 saturated heterocycles. The van der Waals surface area contributed by atoms with Crippen molar-refractivity contribution in [3.63, 3.8) is 0 Å². The molecule has 0 saturated carbocycles. The molecular formula is C11H15F3O3. The highest BCUT2D eigenvalue weighted by Crippen LogP contribution is 2.22. The fourth-order valence-electron chi connectivity index (χ4n) is 1.53. The van der Waals surface area contributed by atoms with Gasteiger partial charge < -0.3 is 9.47 Å². The zero-order valence-electron chi connectivity index (χ0n) is 9.66. The molecule has 0 heterocycles. The van der Waals surface area contributed by atoms with E-state index in [2.05, 4.69) is 4.74 Å². The van der Waals surface area contributed by atoms with Crippen LogP contribution in [-0.2, 0) is 14.3 Å². The van der Waals surface area contributed by atoms with Gasteiger partial charge in [0, 0.05) is 0 Å². The molecule has 0 aliphatic heterocycles. The van der Waals surface area contributed by atoms with Gasteiger partial charge in [-0.05, 0) is 32.8 Å². The van der Waals surface area contributed by atoms with Gasteiger partial charge >= 0.3 is 12.1 Å². The Kier molecular flexibility index (Phi) is 4.56. The van der Waals surface area contributed by atoms with Crippen LogP contribution in [0.1, 0.15) is 26.7 Å². The lowest BCUT2D eigenvalue weighted by molar-refractivity contribution is -0.203. The highest BCUT2D eigenvalue weighted by molar-refractivity contribution is 5.75. The van der Waals surface area contributed by atoms with E-state index in [1.165, 1.54) is 6.08 Å². The molecule has 0 aromatic rings. The summed E-state index contributed by atoms with van der Waals surface area (Å²) in [6.45, 7) is 3.76. The van der Waals surface area contributed by atoms with Gasteiger partial charge in [-0.25, -0.2) is 4.79 Å². The molecule has 0 amide bonds. The van der Waals surface area contributed by atoms with Gasteiger partial charge in [0.25, 0.3) is 0 Å². The summed E-state index contributed by atoms with van der Waals surface area (Å²) in [6, 6.07) is 0. The molecule has 6 heteroatoms. The SMILES string of the molecule is CC(C)O[C@H]1C=C[C@H](OC(=O)C(F)(F)F)CC1. The molecule has 0 aromatic carbocycles. The maximum atomic E-state index is 11.9. The first-order valence-electron chi connectivity index (χ1n) is 5.40. The first-order valence-corrected chi connectivity index (χ1v) is 5.40. The number of ether oxygens (including phenoxy) is 2. The largest absolute Gasteiger partial charge is 0.490 e. The number of hydrogen-bond acceptors (Lipinski definition) is 3. The fourth-order valence-corrected chi connectivity index (χ4v) is 1.53. The Balaban J connectivity index is 2.43. The van der Waals surface area contributed by atoms with E-state index >= 15 is 0 Å². The van der Waals surface area contributed by atoms with Crippen molar-refractivity contribution in [3.8, 4) is 0 Å². The minimum absolute atomic E-state index is 0.0546. The van der Waals surface area contributed by atoms with Crippen molar-refractivity contribution in [2.45, 2.75) is 51.2 Å². The maximum Gasteiger partial charge on any atom is 0.490 e. The van der Waals surface area contributed by atoms with E-state index in [9.17, 15) is 18.0 Å². The first kappa shape index (κ1) is 14.0. The van der Waals surface area contributed by atoms with E-state index in [0.29, 0.717) is 12.8 Å². The summed E-state index contributed by atoms with van der Waals surface area (Å²) in [7, 11) is 0.